The zero-order valence-electron chi connectivity index (χ0n) is 14.0. The predicted octanol–water partition coefficient (Wildman–Crippen LogP) is 3.61. The van der Waals surface area contributed by atoms with Gasteiger partial charge in [-0.05, 0) is 36.8 Å². The minimum absolute atomic E-state index is 0.0749. The van der Waals surface area contributed by atoms with Crippen LogP contribution >= 0.6 is 0 Å². The highest BCUT2D eigenvalue weighted by molar-refractivity contribution is 6.22. The highest BCUT2D eigenvalue weighted by atomic mass is 19.1. The summed E-state index contributed by atoms with van der Waals surface area (Å²) in [7, 11) is 0. The Hall–Kier alpha value is -3.09. The van der Waals surface area contributed by atoms with E-state index < -0.39 is 23.4 Å². The van der Waals surface area contributed by atoms with Crippen LogP contribution in [0.2, 0.25) is 0 Å². The molecule has 1 heterocycles. The number of nitrogens with one attached hydrogen (secondary N) is 1. The largest absolute Gasteiger partial charge is 0.319 e. The zero-order chi connectivity index (χ0) is 18.8. The summed E-state index contributed by atoms with van der Waals surface area (Å²) in [5.74, 6) is -3.02. The molecule has 0 radical (unpaired) electrons. The zero-order valence-corrected chi connectivity index (χ0v) is 14.0. The monoisotopic (exact) mass is 358 g/mol. The van der Waals surface area contributed by atoms with E-state index in [0.717, 1.165) is 29.5 Å². The molecule has 7 heteroatoms. The molecular formula is C19H16F2N2O3. The van der Waals surface area contributed by atoms with Gasteiger partial charge in [0.25, 0.3) is 17.7 Å². The quantitative estimate of drug-likeness (QED) is 0.831. The van der Waals surface area contributed by atoms with E-state index in [2.05, 4.69) is 5.32 Å². The van der Waals surface area contributed by atoms with Crippen LogP contribution in [0.25, 0.3) is 0 Å². The van der Waals surface area contributed by atoms with Crippen LogP contribution < -0.4 is 5.32 Å². The van der Waals surface area contributed by atoms with Crippen LogP contribution in [0, 0.1) is 11.6 Å². The highest BCUT2D eigenvalue weighted by Gasteiger charge is 2.35. The first kappa shape index (κ1) is 17.7. The van der Waals surface area contributed by atoms with Crippen molar-refractivity contribution in [1.29, 1.82) is 0 Å². The molecule has 0 fully saturated rings. The molecule has 0 aromatic heterocycles. The molecule has 2 aromatic rings. The minimum Gasteiger partial charge on any atom is -0.319 e. The third-order valence-corrected chi connectivity index (χ3v) is 4.14. The van der Waals surface area contributed by atoms with E-state index >= 15 is 0 Å². The third kappa shape index (κ3) is 3.20. The lowest BCUT2D eigenvalue weighted by molar-refractivity contribution is 0.0652. The molecule has 134 valence electrons. The van der Waals surface area contributed by atoms with Crippen LogP contribution in [-0.4, -0.2) is 29.2 Å². The van der Waals surface area contributed by atoms with Crippen molar-refractivity contribution >= 4 is 23.4 Å². The molecule has 0 saturated heterocycles. The Balaban J connectivity index is 1.85. The maximum atomic E-state index is 13.7. The summed E-state index contributed by atoms with van der Waals surface area (Å²) < 4.78 is 26.9. The Labute approximate surface area is 148 Å². The topological polar surface area (TPSA) is 66.5 Å². The van der Waals surface area contributed by atoms with Crippen LogP contribution in [0.1, 0.15) is 50.8 Å². The van der Waals surface area contributed by atoms with Crippen LogP contribution in [0.3, 0.4) is 0 Å². The van der Waals surface area contributed by atoms with Gasteiger partial charge in [-0.1, -0.05) is 13.3 Å². The van der Waals surface area contributed by atoms with E-state index in [9.17, 15) is 23.2 Å². The number of nitrogens with zero attached hydrogens (tertiary/aromatic N) is 1. The molecule has 0 atom stereocenters. The van der Waals surface area contributed by atoms with Crippen molar-refractivity contribution in [2.24, 2.45) is 0 Å². The first-order valence-electron chi connectivity index (χ1n) is 8.19. The number of hydrogen-bond donors (Lipinski definition) is 1. The fraction of sp³-hybridized carbons (Fsp3) is 0.211. The number of unbranched alkanes of at least 4 members (excludes halogenated alkanes) is 1. The second-order valence-electron chi connectivity index (χ2n) is 5.95. The fourth-order valence-corrected chi connectivity index (χ4v) is 2.74. The standard InChI is InChI=1S/C19H16F2N2O3/c1-2-3-8-23-18(25)13-6-4-11(9-14(13)19(23)26)17(24)22-16-10-12(20)5-7-15(16)21/h4-7,9-10H,2-3,8H2,1H3,(H,22,24). The van der Waals surface area contributed by atoms with Gasteiger partial charge in [0.1, 0.15) is 11.6 Å². The van der Waals surface area contributed by atoms with E-state index in [1.54, 1.807) is 0 Å². The van der Waals surface area contributed by atoms with Crippen molar-refractivity contribution in [2.45, 2.75) is 19.8 Å². The molecule has 1 N–H and O–H groups in total. The van der Waals surface area contributed by atoms with Crippen molar-refractivity contribution in [3.05, 3.63) is 64.7 Å². The molecule has 1 aliphatic rings. The molecule has 3 rings (SSSR count). The summed E-state index contributed by atoms with van der Waals surface area (Å²) in [5.41, 5.74) is 0.145. The molecule has 0 saturated carbocycles. The van der Waals surface area contributed by atoms with Crippen LogP contribution in [0.15, 0.2) is 36.4 Å². The van der Waals surface area contributed by atoms with Crippen molar-refractivity contribution < 1.29 is 23.2 Å². The maximum Gasteiger partial charge on any atom is 0.261 e. The maximum absolute atomic E-state index is 13.7. The summed E-state index contributed by atoms with van der Waals surface area (Å²) in [6, 6.07) is 6.78. The number of imide groups is 1. The van der Waals surface area contributed by atoms with Gasteiger partial charge >= 0.3 is 0 Å². The number of halogens is 2. The molecule has 5 nitrogen and oxygen atoms in total. The lowest BCUT2D eigenvalue weighted by Crippen LogP contribution is -2.30. The van der Waals surface area contributed by atoms with Gasteiger partial charge < -0.3 is 5.32 Å². The average molecular weight is 358 g/mol. The Bertz CT molecular complexity index is 912. The smallest absolute Gasteiger partial charge is 0.261 e. The van der Waals surface area contributed by atoms with Crippen LogP contribution in [0.5, 0.6) is 0 Å². The van der Waals surface area contributed by atoms with Gasteiger partial charge in [0.15, 0.2) is 0 Å². The van der Waals surface area contributed by atoms with Gasteiger partial charge in [0.2, 0.25) is 0 Å². The number of amides is 3. The van der Waals surface area contributed by atoms with Crippen molar-refractivity contribution in [3.63, 3.8) is 0 Å². The predicted molar refractivity (Wildman–Crippen MR) is 91.0 cm³/mol. The second-order valence-corrected chi connectivity index (χ2v) is 5.95. The number of anilines is 1. The Morgan fingerprint density at radius 3 is 2.50 bits per heavy atom. The number of carbonyl (C=O) groups is 3. The molecule has 2 aromatic carbocycles. The summed E-state index contributed by atoms with van der Waals surface area (Å²) in [4.78, 5) is 38.2. The van der Waals surface area contributed by atoms with Crippen molar-refractivity contribution in [1.82, 2.24) is 4.90 Å². The van der Waals surface area contributed by atoms with Gasteiger partial charge in [0.05, 0.1) is 16.8 Å². The van der Waals surface area contributed by atoms with Crippen LogP contribution in [0.4, 0.5) is 14.5 Å². The lowest BCUT2D eigenvalue weighted by Gasteiger charge is -2.12. The van der Waals surface area contributed by atoms with Crippen LogP contribution in [-0.2, 0) is 0 Å². The van der Waals surface area contributed by atoms with Gasteiger partial charge in [-0.25, -0.2) is 8.78 Å². The molecule has 0 unspecified atom stereocenters. The van der Waals surface area contributed by atoms with E-state index in [-0.39, 0.29) is 28.3 Å². The number of rotatable bonds is 5. The Morgan fingerprint density at radius 2 is 1.77 bits per heavy atom. The second kappa shape index (κ2) is 7.03. The number of fused-ring (bicyclic) bond motifs is 1. The number of hydrogen-bond acceptors (Lipinski definition) is 3. The third-order valence-electron chi connectivity index (χ3n) is 4.14. The highest BCUT2D eigenvalue weighted by Crippen LogP contribution is 2.25. The Morgan fingerprint density at radius 1 is 1.04 bits per heavy atom. The molecular weight excluding hydrogens is 342 g/mol. The van der Waals surface area contributed by atoms with Gasteiger partial charge in [-0.2, -0.15) is 0 Å². The van der Waals surface area contributed by atoms with E-state index in [1.807, 2.05) is 6.92 Å². The summed E-state index contributed by atoms with van der Waals surface area (Å²) >= 11 is 0. The van der Waals surface area contributed by atoms with Gasteiger partial charge in [-0.15, -0.1) is 0 Å². The van der Waals surface area contributed by atoms with E-state index in [0.29, 0.717) is 13.0 Å². The first-order valence-corrected chi connectivity index (χ1v) is 8.19. The molecule has 0 aliphatic carbocycles. The fourth-order valence-electron chi connectivity index (χ4n) is 2.74. The molecule has 1 aliphatic heterocycles. The normalized spacial score (nSPS) is 13.1. The van der Waals surface area contributed by atoms with Crippen molar-refractivity contribution in [3.8, 4) is 0 Å². The molecule has 0 bridgehead atoms. The number of carbonyl (C=O) groups excluding carboxylic acids is 3. The van der Waals surface area contributed by atoms with Gasteiger partial charge in [0, 0.05) is 18.2 Å². The molecule has 0 spiro atoms. The molecule has 26 heavy (non-hydrogen) atoms. The first-order chi connectivity index (χ1) is 12.4. The molecule has 3 amide bonds. The summed E-state index contributed by atoms with van der Waals surface area (Å²) in [5, 5.41) is 2.27. The SMILES string of the molecule is CCCCN1C(=O)c2ccc(C(=O)Nc3cc(F)ccc3F)cc2C1=O. The van der Waals surface area contributed by atoms with E-state index in [4.69, 9.17) is 0 Å². The average Bonchev–Trinajstić information content (AvgIpc) is 2.86. The van der Waals surface area contributed by atoms with Crippen molar-refractivity contribution in [2.75, 3.05) is 11.9 Å². The van der Waals surface area contributed by atoms with Gasteiger partial charge in [-0.3, -0.25) is 19.3 Å². The summed E-state index contributed by atoms with van der Waals surface area (Å²) in [6.45, 7) is 2.27. The summed E-state index contributed by atoms with van der Waals surface area (Å²) in [6.07, 6.45) is 1.53. The lowest BCUT2D eigenvalue weighted by atomic mass is 10.1. The number of benzene rings is 2. The Kier molecular flexibility index (Phi) is 4.79. The van der Waals surface area contributed by atoms with E-state index in [1.165, 1.54) is 18.2 Å². The minimum atomic E-state index is -0.780.